The summed E-state index contributed by atoms with van der Waals surface area (Å²) < 4.78 is 5.46. The van der Waals surface area contributed by atoms with Gasteiger partial charge >= 0.3 is 6.09 Å². The van der Waals surface area contributed by atoms with Crippen LogP contribution in [0.3, 0.4) is 0 Å². The molecule has 2 aliphatic heterocycles. The van der Waals surface area contributed by atoms with Gasteiger partial charge in [0.15, 0.2) is 0 Å². The zero-order valence-corrected chi connectivity index (χ0v) is 26.2. The van der Waals surface area contributed by atoms with Crippen LogP contribution in [0.25, 0.3) is 0 Å². The highest BCUT2D eigenvalue weighted by Gasteiger charge is 2.27. The lowest BCUT2D eigenvalue weighted by Gasteiger charge is -2.37. The van der Waals surface area contributed by atoms with Crippen LogP contribution in [-0.4, -0.2) is 67.6 Å². The van der Waals surface area contributed by atoms with Gasteiger partial charge in [0.2, 0.25) is 0 Å². The molecule has 1 amide bonds. The van der Waals surface area contributed by atoms with Gasteiger partial charge in [0.25, 0.3) is 0 Å². The van der Waals surface area contributed by atoms with Crippen LogP contribution in [0.5, 0.6) is 0 Å². The summed E-state index contributed by atoms with van der Waals surface area (Å²) in [4.78, 5) is 32.3. The van der Waals surface area contributed by atoms with E-state index in [0.717, 1.165) is 43.8 Å². The van der Waals surface area contributed by atoms with Crippen molar-refractivity contribution in [3.05, 3.63) is 48.2 Å². The minimum Gasteiger partial charge on any atom is -0.444 e. The van der Waals surface area contributed by atoms with Crippen LogP contribution in [0.1, 0.15) is 73.4 Å². The van der Waals surface area contributed by atoms with Gasteiger partial charge in [-0.15, -0.1) is 0 Å². The van der Waals surface area contributed by atoms with Crippen LogP contribution in [0, 0.1) is 5.92 Å². The molecule has 0 spiro atoms. The largest absolute Gasteiger partial charge is 0.444 e. The first-order chi connectivity index (χ1) is 19.0. The molecule has 3 aliphatic rings. The molecule has 3 heterocycles. The molecule has 0 bridgehead atoms. The topological polar surface area (TPSA) is 92.0 Å². The second-order valence-corrected chi connectivity index (χ2v) is 11.0. The van der Waals surface area contributed by atoms with Crippen molar-refractivity contribution in [1.82, 2.24) is 9.88 Å². The normalized spacial score (nSPS) is 17.0. The molecule has 40 heavy (non-hydrogen) atoms. The van der Waals surface area contributed by atoms with E-state index in [1.54, 1.807) is 4.90 Å². The Bertz CT molecular complexity index is 981. The summed E-state index contributed by atoms with van der Waals surface area (Å²) in [6.45, 7) is 17.4. The molecule has 1 atom stereocenters. The quantitative estimate of drug-likeness (QED) is 0.320. The Hall–Kier alpha value is -3.29. The first-order valence-electron chi connectivity index (χ1n) is 14.7. The number of aldehydes is 1. The number of para-hydroxylation sites is 1. The molecule has 1 aliphatic carbocycles. The first-order valence-corrected chi connectivity index (χ1v) is 14.7. The van der Waals surface area contributed by atoms with Crippen LogP contribution >= 0.6 is 0 Å². The predicted molar refractivity (Wildman–Crippen MR) is 168 cm³/mol. The number of nitrogens with two attached hydrogens (primary N) is 1. The average molecular weight is 556 g/mol. The standard InChI is InChI=1S/C19H30N4O2.C6H7N.C3H6.C2H4O.C2H6/c1-14-12-15-16(21(5)13-14)6-7-17(20-15)22-8-10-23(11-9-22)18(24)25-19(2,3)4;7-6-4-2-1-3-5-6;1-2-3-1;1-2-3;1-2/h6-7,14H,8-13H2,1-5H3;1-5H,7H2;1-3H2;2H,1H3;1-2H3. The van der Waals surface area contributed by atoms with Gasteiger partial charge < -0.3 is 30.0 Å². The molecule has 1 aromatic carbocycles. The van der Waals surface area contributed by atoms with Gasteiger partial charge in [-0.2, -0.15) is 0 Å². The summed E-state index contributed by atoms with van der Waals surface area (Å²) in [5, 5.41) is 0. The van der Waals surface area contributed by atoms with Crippen molar-refractivity contribution < 1.29 is 14.3 Å². The predicted octanol–water partition coefficient (Wildman–Crippen LogP) is 6.44. The summed E-state index contributed by atoms with van der Waals surface area (Å²) in [5.74, 6) is 1.65. The molecule has 5 rings (SSSR count). The lowest BCUT2D eigenvalue weighted by molar-refractivity contribution is -0.106. The third kappa shape index (κ3) is 13.7. The number of piperazine rings is 1. The Morgan fingerprint density at radius 1 is 1.00 bits per heavy atom. The smallest absolute Gasteiger partial charge is 0.410 e. The Morgan fingerprint density at radius 2 is 1.55 bits per heavy atom. The minimum atomic E-state index is -0.447. The maximum atomic E-state index is 12.2. The number of hydrogen-bond acceptors (Lipinski definition) is 7. The molecular weight excluding hydrogens is 502 g/mol. The molecule has 1 unspecified atom stereocenters. The fourth-order valence-electron chi connectivity index (χ4n) is 4.01. The summed E-state index contributed by atoms with van der Waals surface area (Å²) in [7, 11) is 2.13. The summed E-state index contributed by atoms with van der Waals surface area (Å²) in [6.07, 6.45) is 6.06. The van der Waals surface area contributed by atoms with Crippen molar-refractivity contribution in [2.45, 2.75) is 79.8 Å². The number of benzene rings is 1. The van der Waals surface area contributed by atoms with E-state index < -0.39 is 5.60 Å². The van der Waals surface area contributed by atoms with E-state index >= 15 is 0 Å². The molecule has 1 saturated carbocycles. The molecule has 1 saturated heterocycles. The van der Waals surface area contributed by atoms with Crippen LogP contribution in [-0.2, 0) is 16.0 Å². The number of carbonyl (C=O) groups is 2. The second-order valence-electron chi connectivity index (χ2n) is 11.0. The van der Waals surface area contributed by atoms with Crippen LogP contribution in [0.4, 0.5) is 22.0 Å². The Morgan fingerprint density at radius 3 is 2.00 bits per heavy atom. The highest BCUT2D eigenvalue weighted by Crippen LogP contribution is 2.29. The number of rotatable bonds is 1. The van der Waals surface area contributed by atoms with Crippen LogP contribution in [0.2, 0.25) is 0 Å². The molecule has 2 N–H and O–H groups in total. The number of hydrogen-bond donors (Lipinski definition) is 1. The number of amides is 1. The fourth-order valence-corrected chi connectivity index (χ4v) is 4.01. The first kappa shape index (κ1) is 34.7. The fraction of sp³-hybridized carbons (Fsp3) is 0.594. The van der Waals surface area contributed by atoms with Gasteiger partial charge in [0.05, 0.1) is 11.4 Å². The summed E-state index contributed by atoms with van der Waals surface area (Å²) in [5.41, 5.74) is 8.17. The number of nitrogen functional groups attached to an aromatic ring is 1. The highest BCUT2D eigenvalue weighted by atomic mass is 16.6. The third-order valence-corrected chi connectivity index (χ3v) is 5.88. The molecular formula is C32H53N5O3. The molecule has 8 heteroatoms. The van der Waals surface area contributed by atoms with E-state index in [0.29, 0.717) is 19.0 Å². The Kier molecular flexibility index (Phi) is 15.7. The molecule has 8 nitrogen and oxygen atoms in total. The zero-order chi connectivity index (χ0) is 30.1. The number of carbonyl (C=O) groups excluding carboxylic acids is 2. The Balaban J connectivity index is 0.000000435. The maximum absolute atomic E-state index is 12.2. The van der Waals surface area contributed by atoms with E-state index in [4.69, 9.17) is 20.2 Å². The van der Waals surface area contributed by atoms with Gasteiger partial charge in [-0.1, -0.05) is 58.2 Å². The highest BCUT2D eigenvalue weighted by molar-refractivity contribution is 5.68. The van der Waals surface area contributed by atoms with Gasteiger partial charge in [0.1, 0.15) is 17.7 Å². The van der Waals surface area contributed by atoms with E-state index in [1.165, 1.54) is 37.6 Å². The van der Waals surface area contributed by atoms with Crippen molar-refractivity contribution in [2.75, 3.05) is 55.3 Å². The van der Waals surface area contributed by atoms with Crippen molar-refractivity contribution in [3.63, 3.8) is 0 Å². The molecule has 1 aromatic heterocycles. The van der Waals surface area contributed by atoms with E-state index in [2.05, 4.69) is 35.9 Å². The SMILES string of the molecule is C1CC1.CC.CC1Cc2nc(N3CCN(C(=O)OC(C)(C)C)CC3)ccc2N(C)C1.CC=O.Nc1ccccc1. The molecule has 2 aromatic rings. The van der Waals surface area contributed by atoms with E-state index in [1.807, 2.05) is 65.0 Å². The van der Waals surface area contributed by atoms with Gasteiger partial charge in [0, 0.05) is 45.5 Å². The monoisotopic (exact) mass is 555 g/mol. The van der Waals surface area contributed by atoms with Gasteiger partial charge in [-0.25, -0.2) is 9.78 Å². The van der Waals surface area contributed by atoms with Crippen molar-refractivity contribution >= 4 is 29.6 Å². The average Bonchev–Trinajstić information content (AvgIpc) is 3.80. The summed E-state index contributed by atoms with van der Waals surface area (Å²) in [6, 6.07) is 13.8. The molecule has 2 fully saturated rings. The molecule has 224 valence electrons. The number of ether oxygens (including phenoxy) is 1. The van der Waals surface area contributed by atoms with Crippen LogP contribution < -0.4 is 15.5 Å². The number of pyridine rings is 1. The van der Waals surface area contributed by atoms with E-state index in [-0.39, 0.29) is 6.09 Å². The number of fused-ring (bicyclic) bond motifs is 1. The van der Waals surface area contributed by atoms with Gasteiger partial charge in [-0.05, 0) is 64.3 Å². The Labute approximate surface area is 242 Å². The lowest BCUT2D eigenvalue weighted by atomic mass is 9.98. The van der Waals surface area contributed by atoms with Gasteiger partial charge in [-0.3, -0.25) is 0 Å². The second kappa shape index (κ2) is 18.1. The zero-order valence-electron chi connectivity index (χ0n) is 26.2. The van der Waals surface area contributed by atoms with E-state index in [9.17, 15) is 4.79 Å². The van der Waals surface area contributed by atoms with Crippen LogP contribution in [0.15, 0.2) is 42.5 Å². The van der Waals surface area contributed by atoms with Crippen molar-refractivity contribution in [2.24, 2.45) is 5.92 Å². The third-order valence-electron chi connectivity index (χ3n) is 5.88. The lowest BCUT2D eigenvalue weighted by Crippen LogP contribution is -2.50. The maximum Gasteiger partial charge on any atom is 0.410 e. The number of nitrogens with zero attached hydrogens (tertiary/aromatic N) is 4. The minimum absolute atomic E-state index is 0.221. The van der Waals surface area contributed by atoms with Crippen molar-refractivity contribution in [3.8, 4) is 0 Å². The van der Waals surface area contributed by atoms with Crippen molar-refractivity contribution in [1.29, 1.82) is 0 Å². The molecule has 0 radical (unpaired) electrons. The number of aromatic nitrogens is 1. The summed E-state index contributed by atoms with van der Waals surface area (Å²) >= 11 is 0. The number of anilines is 3.